The number of aliphatic carboxylic acids is 1. The lowest BCUT2D eigenvalue weighted by atomic mass is 10.0. The van der Waals surface area contributed by atoms with Crippen LogP contribution in [0.3, 0.4) is 0 Å². The summed E-state index contributed by atoms with van der Waals surface area (Å²) in [7, 11) is 0. The lowest BCUT2D eigenvalue weighted by Crippen LogP contribution is -1.95. The summed E-state index contributed by atoms with van der Waals surface area (Å²) in [6.07, 6.45) is 5.41. The highest BCUT2D eigenvalue weighted by Crippen LogP contribution is 2.30. The molecule has 1 aromatic carbocycles. The number of aryl methyl sites for hydroxylation is 3. The predicted octanol–water partition coefficient (Wildman–Crippen LogP) is 3.06. The van der Waals surface area contributed by atoms with E-state index >= 15 is 0 Å². The van der Waals surface area contributed by atoms with Crippen molar-refractivity contribution in [1.29, 1.82) is 0 Å². The number of carboxylic acids is 1. The number of rotatable bonds is 4. The summed E-state index contributed by atoms with van der Waals surface area (Å²) < 4.78 is 0. The van der Waals surface area contributed by atoms with Gasteiger partial charge in [0.25, 0.3) is 0 Å². The molecule has 0 fully saturated rings. The zero-order valence-electron chi connectivity index (χ0n) is 10.3. The summed E-state index contributed by atoms with van der Waals surface area (Å²) in [5.41, 5.74) is 5.34. The van der Waals surface area contributed by atoms with Crippen LogP contribution < -0.4 is 0 Å². The molecule has 0 spiro atoms. The molecule has 3 nitrogen and oxygen atoms in total. The normalized spacial score (nSPS) is 14.0. The van der Waals surface area contributed by atoms with Crippen LogP contribution in [-0.2, 0) is 24.1 Å². The van der Waals surface area contributed by atoms with Gasteiger partial charge in [0.1, 0.15) is 0 Å². The van der Waals surface area contributed by atoms with E-state index in [9.17, 15) is 4.79 Å². The van der Waals surface area contributed by atoms with Crippen molar-refractivity contribution >= 4 is 16.9 Å². The van der Waals surface area contributed by atoms with Gasteiger partial charge in [0.05, 0.1) is 0 Å². The number of hydrogen-bond acceptors (Lipinski definition) is 1. The second kappa shape index (κ2) is 4.48. The molecule has 1 aliphatic carbocycles. The van der Waals surface area contributed by atoms with Gasteiger partial charge in [0, 0.05) is 23.0 Å². The molecule has 0 atom stereocenters. The second-order valence-corrected chi connectivity index (χ2v) is 5.06. The first-order valence-electron chi connectivity index (χ1n) is 6.58. The van der Waals surface area contributed by atoms with Gasteiger partial charge in [-0.25, -0.2) is 0 Å². The van der Waals surface area contributed by atoms with Crippen LogP contribution in [0.5, 0.6) is 0 Å². The summed E-state index contributed by atoms with van der Waals surface area (Å²) >= 11 is 0. The summed E-state index contributed by atoms with van der Waals surface area (Å²) in [6.45, 7) is 0. The van der Waals surface area contributed by atoms with E-state index in [2.05, 4.69) is 23.2 Å². The minimum atomic E-state index is -0.710. The number of H-pyrrole nitrogens is 1. The van der Waals surface area contributed by atoms with Crippen molar-refractivity contribution in [3.63, 3.8) is 0 Å². The van der Waals surface area contributed by atoms with E-state index in [1.807, 2.05) is 0 Å². The van der Waals surface area contributed by atoms with Crippen molar-refractivity contribution in [2.24, 2.45) is 0 Å². The first-order chi connectivity index (χ1) is 8.74. The number of benzene rings is 1. The minimum Gasteiger partial charge on any atom is -0.481 e. The minimum absolute atomic E-state index is 0.253. The van der Waals surface area contributed by atoms with Crippen molar-refractivity contribution in [3.8, 4) is 0 Å². The molecular weight excluding hydrogens is 226 g/mol. The van der Waals surface area contributed by atoms with E-state index in [0.29, 0.717) is 6.42 Å². The smallest absolute Gasteiger partial charge is 0.303 e. The van der Waals surface area contributed by atoms with Crippen LogP contribution in [0.2, 0.25) is 0 Å². The first kappa shape index (κ1) is 11.3. The maximum Gasteiger partial charge on any atom is 0.303 e. The van der Waals surface area contributed by atoms with Gasteiger partial charge in [-0.1, -0.05) is 6.07 Å². The summed E-state index contributed by atoms with van der Waals surface area (Å²) in [6, 6.07) is 6.47. The van der Waals surface area contributed by atoms with E-state index in [1.165, 1.54) is 47.0 Å². The molecule has 3 heteroatoms. The second-order valence-electron chi connectivity index (χ2n) is 5.06. The van der Waals surface area contributed by atoms with Crippen LogP contribution in [0.15, 0.2) is 18.2 Å². The van der Waals surface area contributed by atoms with Gasteiger partial charge in [-0.2, -0.15) is 0 Å². The summed E-state index contributed by atoms with van der Waals surface area (Å²) in [4.78, 5) is 14.0. The van der Waals surface area contributed by atoms with E-state index in [0.717, 1.165) is 6.42 Å². The lowest BCUT2D eigenvalue weighted by Gasteiger charge is -2.01. The molecule has 0 bridgehead atoms. The highest BCUT2D eigenvalue weighted by molar-refractivity contribution is 5.86. The van der Waals surface area contributed by atoms with Crippen LogP contribution in [0.1, 0.15) is 36.1 Å². The van der Waals surface area contributed by atoms with E-state index in [1.54, 1.807) is 0 Å². The summed E-state index contributed by atoms with van der Waals surface area (Å²) in [5.74, 6) is -0.710. The van der Waals surface area contributed by atoms with Crippen molar-refractivity contribution in [3.05, 3.63) is 35.0 Å². The Bertz CT molecular complexity index is 598. The molecule has 0 radical (unpaired) electrons. The molecule has 3 rings (SSSR count). The fourth-order valence-electron chi connectivity index (χ4n) is 2.89. The molecule has 2 N–H and O–H groups in total. The molecule has 0 saturated heterocycles. The van der Waals surface area contributed by atoms with Gasteiger partial charge in [0.2, 0.25) is 0 Å². The van der Waals surface area contributed by atoms with Crippen molar-refractivity contribution in [2.75, 3.05) is 0 Å². The Morgan fingerprint density at radius 3 is 3.06 bits per heavy atom. The number of carbonyl (C=O) groups is 1. The van der Waals surface area contributed by atoms with Crippen LogP contribution in [0, 0.1) is 0 Å². The number of hydrogen-bond donors (Lipinski definition) is 2. The highest BCUT2D eigenvalue weighted by Gasteiger charge is 2.16. The van der Waals surface area contributed by atoms with Crippen LogP contribution in [-0.4, -0.2) is 16.1 Å². The Labute approximate surface area is 106 Å². The van der Waals surface area contributed by atoms with Crippen LogP contribution in [0.25, 0.3) is 10.9 Å². The molecule has 1 heterocycles. The van der Waals surface area contributed by atoms with E-state index in [-0.39, 0.29) is 6.42 Å². The maximum absolute atomic E-state index is 10.5. The monoisotopic (exact) mass is 243 g/mol. The standard InChI is InChI=1S/C15H17NO2/c17-15(18)6-1-3-10-7-8-14-12(9-10)11-4-2-5-13(11)16-14/h7-9,16H,1-6H2,(H,17,18). The van der Waals surface area contributed by atoms with Crippen molar-refractivity contribution in [2.45, 2.75) is 38.5 Å². The molecule has 0 unspecified atom stereocenters. The Morgan fingerprint density at radius 1 is 1.33 bits per heavy atom. The fourth-order valence-corrected chi connectivity index (χ4v) is 2.89. The predicted molar refractivity (Wildman–Crippen MR) is 70.9 cm³/mol. The molecule has 1 aromatic heterocycles. The highest BCUT2D eigenvalue weighted by atomic mass is 16.4. The lowest BCUT2D eigenvalue weighted by molar-refractivity contribution is -0.137. The third-order valence-corrected chi connectivity index (χ3v) is 3.77. The number of aromatic amines is 1. The van der Waals surface area contributed by atoms with Gasteiger partial charge < -0.3 is 10.1 Å². The average molecular weight is 243 g/mol. The number of aromatic nitrogens is 1. The Morgan fingerprint density at radius 2 is 2.22 bits per heavy atom. The van der Waals surface area contributed by atoms with Crippen LogP contribution >= 0.6 is 0 Å². The first-order valence-corrected chi connectivity index (χ1v) is 6.58. The zero-order valence-corrected chi connectivity index (χ0v) is 10.3. The topological polar surface area (TPSA) is 53.1 Å². The third kappa shape index (κ3) is 2.01. The average Bonchev–Trinajstić information content (AvgIpc) is 2.89. The molecule has 2 aromatic rings. The molecule has 18 heavy (non-hydrogen) atoms. The van der Waals surface area contributed by atoms with Gasteiger partial charge in [0.15, 0.2) is 0 Å². The molecule has 1 aliphatic rings. The van der Waals surface area contributed by atoms with E-state index in [4.69, 9.17) is 5.11 Å². The molecular formula is C15H17NO2. The SMILES string of the molecule is O=C(O)CCCc1ccc2[nH]c3c(c2c1)CCC3. The summed E-state index contributed by atoms with van der Waals surface area (Å²) in [5, 5.41) is 9.99. The van der Waals surface area contributed by atoms with Crippen molar-refractivity contribution in [1.82, 2.24) is 4.98 Å². The molecule has 0 saturated carbocycles. The van der Waals surface area contributed by atoms with Crippen LogP contribution in [0.4, 0.5) is 0 Å². The van der Waals surface area contributed by atoms with Crippen molar-refractivity contribution < 1.29 is 9.90 Å². The maximum atomic E-state index is 10.5. The van der Waals surface area contributed by atoms with Gasteiger partial charge in [-0.3, -0.25) is 4.79 Å². The molecule has 0 amide bonds. The fraction of sp³-hybridized carbons (Fsp3) is 0.400. The Hall–Kier alpha value is -1.77. The van der Waals surface area contributed by atoms with Gasteiger partial charge in [-0.15, -0.1) is 0 Å². The number of fused-ring (bicyclic) bond motifs is 3. The van der Waals surface area contributed by atoms with Gasteiger partial charge >= 0.3 is 5.97 Å². The Kier molecular flexibility index (Phi) is 2.82. The van der Waals surface area contributed by atoms with Gasteiger partial charge in [-0.05, 0) is 55.4 Å². The Balaban J connectivity index is 1.84. The quantitative estimate of drug-likeness (QED) is 0.867. The molecule has 0 aliphatic heterocycles. The number of nitrogens with one attached hydrogen (secondary N) is 1. The zero-order chi connectivity index (χ0) is 12.5. The van der Waals surface area contributed by atoms with E-state index < -0.39 is 5.97 Å². The molecule has 94 valence electrons. The number of carboxylic acid groups (broad SMARTS) is 1. The third-order valence-electron chi connectivity index (χ3n) is 3.77. The largest absolute Gasteiger partial charge is 0.481 e.